The Kier molecular flexibility index (Phi) is 6.56. The van der Waals surface area contributed by atoms with Gasteiger partial charge < -0.3 is 20.3 Å². The SMILES string of the molecule is COCCOCCNS(=O)(=O)c1ccc(C(=O)O)cc1N. The van der Waals surface area contributed by atoms with E-state index in [2.05, 4.69) is 4.72 Å². The Morgan fingerprint density at radius 1 is 1.33 bits per heavy atom. The summed E-state index contributed by atoms with van der Waals surface area (Å²) in [4.78, 5) is 10.6. The Balaban J connectivity index is 2.64. The van der Waals surface area contributed by atoms with Crippen molar-refractivity contribution in [2.24, 2.45) is 0 Å². The van der Waals surface area contributed by atoms with Crippen molar-refractivity contribution in [3.63, 3.8) is 0 Å². The fourth-order valence-electron chi connectivity index (χ4n) is 1.50. The number of carbonyl (C=O) groups is 1. The number of ether oxygens (including phenoxy) is 2. The number of methoxy groups -OCH3 is 1. The lowest BCUT2D eigenvalue weighted by Crippen LogP contribution is -2.28. The number of benzene rings is 1. The molecule has 0 saturated carbocycles. The Hall–Kier alpha value is -1.68. The highest BCUT2D eigenvalue weighted by atomic mass is 32.2. The predicted octanol–water partition coefficient (Wildman–Crippen LogP) is -0.0917. The molecule has 0 bridgehead atoms. The van der Waals surface area contributed by atoms with Crippen LogP contribution in [0.25, 0.3) is 0 Å². The summed E-state index contributed by atoms with van der Waals surface area (Å²) in [6, 6.07) is 3.45. The van der Waals surface area contributed by atoms with E-state index in [4.69, 9.17) is 20.3 Å². The molecule has 0 aliphatic rings. The number of anilines is 1. The van der Waals surface area contributed by atoms with Gasteiger partial charge in [0.1, 0.15) is 4.90 Å². The number of carboxylic acids is 1. The molecule has 4 N–H and O–H groups in total. The number of nitrogen functional groups attached to an aromatic ring is 1. The summed E-state index contributed by atoms with van der Waals surface area (Å²) >= 11 is 0. The number of carboxylic acid groups (broad SMARTS) is 1. The minimum absolute atomic E-state index is 0.0747. The van der Waals surface area contributed by atoms with Gasteiger partial charge in [-0.1, -0.05) is 0 Å². The van der Waals surface area contributed by atoms with Crippen LogP contribution in [0, 0.1) is 0 Å². The zero-order valence-electron chi connectivity index (χ0n) is 11.5. The van der Waals surface area contributed by atoms with Gasteiger partial charge in [-0.15, -0.1) is 0 Å². The summed E-state index contributed by atoms with van der Waals surface area (Å²) < 4.78 is 36.2. The lowest BCUT2D eigenvalue weighted by molar-refractivity contribution is 0.0697. The molecule has 8 nitrogen and oxygen atoms in total. The highest BCUT2D eigenvalue weighted by molar-refractivity contribution is 7.89. The molecule has 9 heteroatoms. The van der Waals surface area contributed by atoms with Crippen LogP contribution < -0.4 is 10.5 Å². The molecule has 0 unspecified atom stereocenters. The van der Waals surface area contributed by atoms with Crippen LogP contribution in [0.4, 0.5) is 5.69 Å². The van der Waals surface area contributed by atoms with Gasteiger partial charge in [-0.05, 0) is 18.2 Å². The van der Waals surface area contributed by atoms with Crippen molar-refractivity contribution < 1.29 is 27.8 Å². The van der Waals surface area contributed by atoms with Gasteiger partial charge in [0.2, 0.25) is 10.0 Å². The van der Waals surface area contributed by atoms with E-state index in [-0.39, 0.29) is 29.3 Å². The molecule has 0 radical (unpaired) electrons. The van der Waals surface area contributed by atoms with E-state index in [1.165, 1.54) is 13.2 Å². The van der Waals surface area contributed by atoms with Crippen LogP contribution in [-0.2, 0) is 19.5 Å². The largest absolute Gasteiger partial charge is 0.478 e. The van der Waals surface area contributed by atoms with E-state index in [9.17, 15) is 13.2 Å². The van der Waals surface area contributed by atoms with Crippen LogP contribution >= 0.6 is 0 Å². The second-order valence-corrected chi connectivity index (χ2v) is 5.80. The van der Waals surface area contributed by atoms with Crippen molar-refractivity contribution in [1.29, 1.82) is 0 Å². The molecule has 1 rings (SSSR count). The van der Waals surface area contributed by atoms with Crippen LogP contribution in [0.15, 0.2) is 23.1 Å². The van der Waals surface area contributed by atoms with Gasteiger partial charge in [0, 0.05) is 13.7 Å². The number of nitrogens with one attached hydrogen (secondary N) is 1. The first-order valence-corrected chi connectivity index (χ1v) is 7.56. The van der Waals surface area contributed by atoms with Gasteiger partial charge in [0.05, 0.1) is 31.1 Å². The number of rotatable bonds is 9. The molecule has 0 saturated heterocycles. The Morgan fingerprint density at radius 3 is 2.62 bits per heavy atom. The normalized spacial score (nSPS) is 11.5. The average Bonchev–Trinajstić information content (AvgIpc) is 2.42. The average molecular weight is 318 g/mol. The molecular weight excluding hydrogens is 300 g/mol. The molecule has 0 heterocycles. The van der Waals surface area contributed by atoms with Crippen molar-refractivity contribution in [3.8, 4) is 0 Å². The number of nitrogens with two attached hydrogens (primary N) is 1. The zero-order chi connectivity index (χ0) is 15.9. The molecule has 118 valence electrons. The first kappa shape index (κ1) is 17.4. The molecule has 0 amide bonds. The first-order chi connectivity index (χ1) is 9.88. The van der Waals surface area contributed by atoms with Crippen LogP contribution in [0.3, 0.4) is 0 Å². The molecule has 0 aliphatic carbocycles. The van der Waals surface area contributed by atoms with Gasteiger partial charge in [0.15, 0.2) is 0 Å². The highest BCUT2D eigenvalue weighted by Gasteiger charge is 2.18. The van der Waals surface area contributed by atoms with Crippen LogP contribution in [0.5, 0.6) is 0 Å². The molecule has 1 aromatic rings. The topological polar surface area (TPSA) is 128 Å². The van der Waals surface area contributed by atoms with E-state index in [0.29, 0.717) is 13.2 Å². The first-order valence-electron chi connectivity index (χ1n) is 6.07. The highest BCUT2D eigenvalue weighted by Crippen LogP contribution is 2.19. The lowest BCUT2D eigenvalue weighted by Gasteiger charge is -2.10. The van der Waals surface area contributed by atoms with Crippen molar-refractivity contribution in [1.82, 2.24) is 4.72 Å². The number of hydrogen-bond acceptors (Lipinski definition) is 6. The summed E-state index contributed by atoms with van der Waals surface area (Å²) in [7, 11) is -2.27. The Labute approximate surface area is 122 Å². The second-order valence-electron chi connectivity index (χ2n) is 4.06. The van der Waals surface area contributed by atoms with Crippen LogP contribution in [0.2, 0.25) is 0 Å². The van der Waals surface area contributed by atoms with Gasteiger partial charge in [-0.25, -0.2) is 17.9 Å². The molecule has 0 atom stereocenters. The molecule has 21 heavy (non-hydrogen) atoms. The van der Waals surface area contributed by atoms with Crippen molar-refractivity contribution in [2.45, 2.75) is 4.90 Å². The van der Waals surface area contributed by atoms with E-state index in [1.807, 2.05) is 0 Å². The summed E-state index contributed by atoms with van der Waals surface area (Å²) in [5.41, 5.74) is 5.39. The van der Waals surface area contributed by atoms with Crippen LogP contribution in [0.1, 0.15) is 10.4 Å². The predicted molar refractivity (Wildman–Crippen MR) is 75.7 cm³/mol. The van der Waals surface area contributed by atoms with Gasteiger partial charge in [0.25, 0.3) is 0 Å². The maximum absolute atomic E-state index is 12.0. The van der Waals surface area contributed by atoms with Crippen LogP contribution in [-0.4, -0.2) is 53.0 Å². The molecule has 1 aromatic carbocycles. The summed E-state index contributed by atoms with van der Waals surface area (Å²) in [6.07, 6.45) is 0. The fourth-order valence-corrected chi connectivity index (χ4v) is 2.62. The minimum atomic E-state index is -3.81. The van der Waals surface area contributed by atoms with Crippen molar-refractivity contribution in [2.75, 3.05) is 39.2 Å². The Morgan fingerprint density at radius 2 is 2.05 bits per heavy atom. The van der Waals surface area contributed by atoms with Gasteiger partial charge in [-0.3, -0.25) is 0 Å². The summed E-state index contributed by atoms with van der Waals surface area (Å²) in [5, 5.41) is 8.80. The summed E-state index contributed by atoms with van der Waals surface area (Å²) in [5.74, 6) is -1.18. The van der Waals surface area contributed by atoms with Crippen molar-refractivity contribution >= 4 is 21.7 Å². The van der Waals surface area contributed by atoms with E-state index < -0.39 is 16.0 Å². The van der Waals surface area contributed by atoms with Gasteiger partial charge in [-0.2, -0.15) is 0 Å². The quantitative estimate of drug-likeness (QED) is 0.428. The zero-order valence-corrected chi connectivity index (χ0v) is 12.4. The third-order valence-corrected chi connectivity index (χ3v) is 4.05. The molecule has 0 fully saturated rings. The maximum atomic E-state index is 12.0. The van der Waals surface area contributed by atoms with Crippen molar-refractivity contribution in [3.05, 3.63) is 23.8 Å². The smallest absolute Gasteiger partial charge is 0.335 e. The number of aromatic carboxylic acids is 1. The molecule has 0 aromatic heterocycles. The van der Waals surface area contributed by atoms with E-state index in [1.54, 1.807) is 0 Å². The van der Waals surface area contributed by atoms with E-state index in [0.717, 1.165) is 12.1 Å². The second kappa shape index (κ2) is 7.93. The number of hydrogen-bond donors (Lipinski definition) is 3. The molecule has 0 spiro atoms. The summed E-state index contributed by atoms with van der Waals surface area (Å²) in [6.45, 7) is 1.06. The maximum Gasteiger partial charge on any atom is 0.335 e. The third-order valence-electron chi connectivity index (χ3n) is 2.52. The standard InChI is InChI=1S/C12H18N2O6S/c1-19-6-7-20-5-4-14-21(17,18)11-3-2-9(12(15)16)8-10(11)13/h2-3,8,14H,4-7,13H2,1H3,(H,15,16). The van der Waals surface area contributed by atoms with Gasteiger partial charge >= 0.3 is 5.97 Å². The minimum Gasteiger partial charge on any atom is -0.478 e. The fraction of sp³-hybridized carbons (Fsp3) is 0.417. The third kappa shape index (κ3) is 5.31. The monoisotopic (exact) mass is 318 g/mol. The number of sulfonamides is 1. The van der Waals surface area contributed by atoms with E-state index >= 15 is 0 Å². The molecular formula is C12H18N2O6S. The lowest BCUT2D eigenvalue weighted by atomic mass is 10.2. The Bertz CT molecular complexity index is 587. The molecule has 0 aliphatic heterocycles.